The summed E-state index contributed by atoms with van der Waals surface area (Å²) in [6.45, 7) is 0.0511. The van der Waals surface area contributed by atoms with Crippen molar-refractivity contribution >= 4 is 23.2 Å². The number of H-pyrrole nitrogens is 1. The molecule has 2 aromatic heterocycles. The molecule has 7 nitrogen and oxygen atoms in total. The van der Waals surface area contributed by atoms with Crippen LogP contribution in [0.3, 0.4) is 0 Å². The van der Waals surface area contributed by atoms with Crippen molar-refractivity contribution in [1.29, 1.82) is 0 Å². The second kappa shape index (κ2) is 6.17. The number of amides is 1. The van der Waals surface area contributed by atoms with Crippen LogP contribution in [0.2, 0.25) is 5.02 Å². The van der Waals surface area contributed by atoms with Gasteiger partial charge < -0.3 is 10.3 Å². The molecule has 0 radical (unpaired) electrons. The molecule has 1 amide bonds. The number of halogens is 2. The molecule has 118 valence electrons. The Balaban J connectivity index is 1.71. The zero-order valence-electron chi connectivity index (χ0n) is 11.7. The van der Waals surface area contributed by atoms with Crippen molar-refractivity contribution in [2.24, 2.45) is 0 Å². The Kier molecular flexibility index (Phi) is 4.07. The first kappa shape index (κ1) is 15.2. The van der Waals surface area contributed by atoms with Gasteiger partial charge in [-0.1, -0.05) is 17.7 Å². The van der Waals surface area contributed by atoms with E-state index in [1.807, 2.05) is 0 Å². The highest BCUT2D eigenvalue weighted by atomic mass is 35.5. The number of aromatic nitrogens is 4. The molecule has 9 heteroatoms. The van der Waals surface area contributed by atoms with E-state index >= 15 is 0 Å². The Labute approximate surface area is 134 Å². The van der Waals surface area contributed by atoms with E-state index in [1.54, 1.807) is 6.20 Å². The van der Waals surface area contributed by atoms with Gasteiger partial charge in [0.1, 0.15) is 5.82 Å². The Morgan fingerprint density at radius 2 is 2.22 bits per heavy atom. The molecule has 2 heterocycles. The predicted molar refractivity (Wildman–Crippen MR) is 80.6 cm³/mol. The van der Waals surface area contributed by atoms with Crippen molar-refractivity contribution in [3.8, 4) is 0 Å². The fourth-order valence-electron chi connectivity index (χ4n) is 2.11. The second-order valence-electron chi connectivity index (χ2n) is 4.75. The minimum atomic E-state index is -0.535. The number of rotatable bonds is 4. The van der Waals surface area contributed by atoms with Gasteiger partial charge in [-0.15, -0.1) is 10.2 Å². The number of fused-ring (bicyclic) bond motifs is 1. The van der Waals surface area contributed by atoms with Crippen LogP contribution in [0, 0.1) is 5.82 Å². The van der Waals surface area contributed by atoms with Crippen LogP contribution in [0.5, 0.6) is 0 Å². The highest BCUT2D eigenvalue weighted by Crippen LogP contribution is 2.19. The number of carbonyl (C=O) groups excluding carboxylic acids is 1. The summed E-state index contributed by atoms with van der Waals surface area (Å²) < 4.78 is 15.1. The largest absolute Gasteiger partial charge is 0.348 e. The van der Waals surface area contributed by atoms with E-state index in [0.717, 1.165) is 0 Å². The molecular weight excluding hydrogens is 325 g/mol. The monoisotopic (exact) mass is 335 g/mol. The molecule has 0 aliphatic rings. The zero-order chi connectivity index (χ0) is 16.4. The van der Waals surface area contributed by atoms with E-state index in [-0.39, 0.29) is 34.8 Å². The lowest BCUT2D eigenvalue weighted by Crippen LogP contribution is -2.26. The van der Waals surface area contributed by atoms with Gasteiger partial charge in [0.15, 0.2) is 5.82 Å². The minimum Gasteiger partial charge on any atom is -0.348 e. The van der Waals surface area contributed by atoms with Gasteiger partial charge >= 0.3 is 0 Å². The number of aromatic amines is 1. The normalized spacial score (nSPS) is 10.9. The molecule has 0 aliphatic heterocycles. The molecule has 0 saturated carbocycles. The van der Waals surface area contributed by atoms with Crippen LogP contribution in [-0.2, 0) is 17.8 Å². The SMILES string of the molecule is O=C(Cc1c(F)cccc1Cl)NCc1nnc2c(=O)[nH]ccn12. The van der Waals surface area contributed by atoms with Crippen LogP contribution in [0.25, 0.3) is 5.65 Å². The lowest BCUT2D eigenvalue weighted by atomic mass is 10.1. The standard InChI is InChI=1S/C14H11ClFN5O2/c15-9-2-1-3-10(16)8(9)6-12(22)18-7-11-19-20-13-14(23)17-4-5-21(11)13/h1-5H,6-7H2,(H,17,23)(H,18,22). The van der Waals surface area contributed by atoms with Gasteiger partial charge in [-0.2, -0.15) is 0 Å². The predicted octanol–water partition coefficient (Wildman–Crippen LogP) is 1.07. The van der Waals surface area contributed by atoms with Gasteiger partial charge in [0.05, 0.1) is 13.0 Å². The van der Waals surface area contributed by atoms with Crippen molar-refractivity contribution < 1.29 is 9.18 Å². The molecule has 3 aromatic rings. The molecule has 0 spiro atoms. The lowest BCUT2D eigenvalue weighted by molar-refractivity contribution is -0.120. The van der Waals surface area contributed by atoms with E-state index in [1.165, 1.54) is 28.8 Å². The van der Waals surface area contributed by atoms with Gasteiger partial charge in [0.2, 0.25) is 11.6 Å². The summed E-state index contributed by atoms with van der Waals surface area (Å²) in [4.78, 5) is 26.0. The molecule has 0 aliphatic carbocycles. The first-order chi connectivity index (χ1) is 11.1. The van der Waals surface area contributed by atoms with E-state index in [4.69, 9.17) is 11.6 Å². The Morgan fingerprint density at radius 1 is 1.39 bits per heavy atom. The third kappa shape index (κ3) is 3.07. The summed E-state index contributed by atoms with van der Waals surface area (Å²) >= 11 is 5.88. The third-order valence-electron chi connectivity index (χ3n) is 3.25. The number of hydrogen-bond donors (Lipinski definition) is 2. The van der Waals surface area contributed by atoms with Gasteiger partial charge in [-0.25, -0.2) is 4.39 Å². The van der Waals surface area contributed by atoms with Crippen LogP contribution in [0.15, 0.2) is 35.4 Å². The average Bonchev–Trinajstić information content (AvgIpc) is 2.94. The van der Waals surface area contributed by atoms with E-state index in [0.29, 0.717) is 5.82 Å². The number of benzene rings is 1. The van der Waals surface area contributed by atoms with Crippen LogP contribution in [-0.4, -0.2) is 25.5 Å². The topological polar surface area (TPSA) is 92.2 Å². The summed E-state index contributed by atoms with van der Waals surface area (Å²) in [6.07, 6.45) is 2.83. The van der Waals surface area contributed by atoms with Crippen molar-refractivity contribution in [2.45, 2.75) is 13.0 Å². The smallest absolute Gasteiger partial charge is 0.293 e. The number of hydrogen-bond acceptors (Lipinski definition) is 4. The van der Waals surface area contributed by atoms with Crippen molar-refractivity contribution in [3.63, 3.8) is 0 Å². The molecule has 0 atom stereocenters. The van der Waals surface area contributed by atoms with Crippen molar-refractivity contribution in [3.05, 3.63) is 63.2 Å². The minimum absolute atomic E-state index is 0.0511. The van der Waals surface area contributed by atoms with Gasteiger partial charge in [-0.3, -0.25) is 14.0 Å². The number of nitrogens with zero attached hydrogens (tertiary/aromatic N) is 3. The summed E-state index contributed by atoms with van der Waals surface area (Å²) in [7, 11) is 0. The van der Waals surface area contributed by atoms with Gasteiger partial charge in [0.25, 0.3) is 5.56 Å². The van der Waals surface area contributed by atoms with Gasteiger partial charge in [-0.05, 0) is 12.1 Å². The van der Waals surface area contributed by atoms with Crippen LogP contribution < -0.4 is 10.9 Å². The van der Waals surface area contributed by atoms with Crippen molar-refractivity contribution in [2.75, 3.05) is 0 Å². The Hall–Kier alpha value is -2.74. The fraction of sp³-hybridized carbons (Fsp3) is 0.143. The summed E-state index contributed by atoms with van der Waals surface area (Å²) in [5.41, 5.74) is -0.112. The molecule has 0 bridgehead atoms. The maximum absolute atomic E-state index is 13.6. The molecule has 2 N–H and O–H groups in total. The molecule has 23 heavy (non-hydrogen) atoms. The fourth-order valence-corrected chi connectivity index (χ4v) is 2.34. The Morgan fingerprint density at radius 3 is 3.00 bits per heavy atom. The van der Waals surface area contributed by atoms with Crippen LogP contribution in [0.4, 0.5) is 4.39 Å². The Bertz CT molecular complexity index is 916. The first-order valence-corrected chi connectivity index (χ1v) is 7.05. The third-order valence-corrected chi connectivity index (χ3v) is 3.60. The molecule has 0 saturated heterocycles. The molecule has 0 unspecified atom stereocenters. The van der Waals surface area contributed by atoms with E-state index < -0.39 is 11.7 Å². The average molecular weight is 336 g/mol. The van der Waals surface area contributed by atoms with Crippen LogP contribution in [0.1, 0.15) is 11.4 Å². The molecular formula is C14H11ClFN5O2. The molecule has 1 aromatic carbocycles. The highest BCUT2D eigenvalue weighted by molar-refractivity contribution is 6.31. The highest BCUT2D eigenvalue weighted by Gasteiger charge is 2.13. The first-order valence-electron chi connectivity index (χ1n) is 6.67. The van der Waals surface area contributed by atoms with Gasteiger partial charge in [0, 0.05) is 23.0 Å². The maximum Gasteiger partial charge on any atom is 0.293 e. The summed E-state index contributed by atoms with van der Waals surface area (Å²) in [6, 6.07) is 4.23. The van der Waals surface area contributed by atoms with E-state index in [9.17, 15) is 14.0 Å². The number of carbonyl (C=O) groups is 1. The molecule has 3 rings (SSSR count). The summed E-state index contributed by atoms with van der Waals surface area (Å²) in [5, 5.41) is 10.4. The summed E-state index contributed by atoms with van der Waals surface area (Å²) in [5.74, 6) is -0.565. The zero-order valence-corrected chi connectivity index (χ0v) is 12.5. The molecule has 0 fully saturated rings. The second-order valence-corrected chi connectivity index (χ2v) is 5.16. The number of nitrogens with one attached hydrogen (secondary N) is 2. The maximum atomic E-state index is 13.6. The van der Waals surface area contributed by atoms with E-state index in [2.05, 4.69) is 20.5 Å². The van der Waals surface area contributed by atoms with Crippen LogP contribution >= 0.6 is 11.6 Å². The quantitative estimate of drug-likeness (QED) is 0.746. The van der Waals surface area contributed by atoms with Crippen molar-refractivity contribution in [1.82, 2.24) is 24.9 Å². The lowest BCUT2D eigenvalue weighted by Gasteiger charge is -2.07.